The van der Waals surface area contributed by atoms with E-state index in [9.17, 15) is 9.59 Å². The zero-order chi connectivity index (χ0) is 14.0. The lowest BCUT2D eigenvalue weighted by molar-refractivity contribution is -0.123. The van der Waals surface area contributed by atoms with Gasteiger partial charge in [-0.05, 0) is 30.5 Å². The van der Waals surface area contributed by atoms with E-state index in [1.807, 2.05) is 25.1 Å². The molecule has 1 heterocycles. The Kier molecular flexibility index (Phi) is 3.85. The fourth-order valence-electron chi connectivity index (χ4n) is 2.33. The van der Waals surface area contributed by atoms with Crippen molar-refractivity contribution in [2.24, 2.45) is 0 Å². The molecule has 0 fully saturated rings. The number of amides is 2. The van der Waals surface area contributed by atoms with Gasteiger partial charge in [0.2, 0.25) is 11.8 Å². The van der Waals surface area contributed by atoms with Crippen LogP contribution in [0.25, 0.3) is 0 Å². The molecule has 0 bridgehead atoms. The Balaban J connectivity index is 2.27. The quantitative estimate of drug-likeness (QED) is 0.796. The van der Waals surface area contributed by atoms with E-state index in [0.29, 0.717) is 6.42 Å². The van der Waals surface area contributed by atoms with Crippen molar-refractivity contribution in [1.29, 1.82) is 0 Å². The van der Waals surface area contributed by atoms with E-state index in [2.05, 4.69) is 10.9 Å². The lowest BCUT2D eigenvalue weighted by atomic mass is 9.93. The van der Waals surface area contributed by atoms with Crippen LogP contribution in [-0.4, -0.2) is 25.9 Å². The molecule has 102 valence electrons. The average molecular weight is 261 g/mol. The van der Waals surface area contributed by atoms with Crippen molar-refractivity contribution >= 4 is 17.5 Å². The Labute approximate surface area is 112 Å². The van der Waals surface area contributed by atoms with Crippen LogP contribution in [0, 0.1) is 0 Å². The minimum atomic E-state index is -0.222. The van der Waals surface area contributed by atoms with Gasteiger partial charge >= 0.3 is 0 Å². The molecule has 19 heavy (non-hydrogen) atoms. The lowest BCUT2D eigenvalue weighted by Crippen LogP contribution is -2.37. The summed E-state index contributed by atoms with van der Waals surface area (Å²) in [6.07, 6.45) is 1.27. The number of benzene rings is 1. The van der Waals surface area contributed by atoms with Gasteiger partial charge in [0, 0.05) is 26.2 Å². The van der Waals surface area contributed by atoms with Gasteiger partial charge in [0.05, 0.1) is 5.92 Å². The topological polar surface area (TPSA) is 61.4 Å². The molecule has 5 heteroatoms. The number of fused-ring (bicyclic) bond motifs is 1. The number of nitrogens with one attached hydrogen (secondary N) is 2. The molecular formula is C14H19N3O2. The summed E-state index contributed by atoms with van der Waals surface area (Å²) in [5, 5.41) is 0. The number of anilines is 1. The van der Waals surface area contributed by atoms with E-state index >= 15 is 0 Å². The van der Waals surface area contributed by atoms with E-state index in [4.69, 9.17) is 0 Å². The van der Waals surface area contributed by atoms with Crippen LogP contribution in [0.5, 0.6) is 0 Å². The van der Waals surface area contributed by atoms with Gasteiger partial charge < -0.3 is 4.90 Å². The summed E-state index contributed by atoms with van der Waals surface area (Å²) < 4.78 is 0. The van der Waals surface area contributed by atoms with Crippen LogP contribution in [0.15, 0.2) is 18.2 Å². The van der Waals surface area contributed by atoms with Crippen LogP contribution in [0.4, 0.5) is 5.69 Å². The second-order valence-corrected chi connectivity index (χ2v) is 4.80. The second-order valence-electron chi connectivity index (χ2n) is 4.80. The molecule has 1 aromatic rings. The summed E-state index contributed by atoms with van der Waals surface area (Å²) in [5.41, 5.74) is 8.27. The molecule has 1 aromatic carbocycles. The summed E-state index contributed by atoms with van der Waals surface area (Å²) in [7, 11) is 3.45. The van der Waals surface area contributed by atoms with Crippen LogP contribution in [0.1, 0.15) is 30.4 Å². The molecule has 0 saturated carbocycles. The summed E-state index contributed by atoms with van der Waals surface area (Å²) in [6.45, 7) is 1.87. The Morgan fingerprint density at radius 2 is 2.11 bits per heavy atom. The van der Waals surface area contributed by atoms with Crippen LogP contribution < -0.4 is 15.8 Å². The Morgan fingerprint density at radius 1 is 1.37 bits per heavy atom. The van der Waals surface area contributed by atoms with Gasteiger partial charge in [0.25, 0.3) is 0 Å². The summed E-state index contributed by atoms with van der Waals surface area (Å²) in [6, 6.07) is 5.86. The van der Waals surface area contributed by atoms with Crippen molar-refractivity contribution in [2.45, 2.75) is 25.7 Å². The van der Waals surface area contributed by atoms with E-state index in [-0.39, 0.29) is 17.7 Å². The van der Waals surface area contributed by atoms with Crippen molar-refractivity contribution < 1.29 is 9.59 Å². The van der Waals surface area contributed by atoms with E-state index < -0.39 is 0 Å². The number of nitrogens with zero attached hydrogens (tertiary/aromatic N) is 1. The fraction of sp³-hybridized carbons (Fsp3) is 0.429. The Bertz CT molecular complexity index is 513. The third kappa shape index (κ3) is 2.61. The molecule has 1 aliphatic heterocycles. The van der Waals surface area contributed by atoms with Crippen molar-refractivity contribution in [3.05, 3.63) is 29.3 Å². The predicted molar refractivity (Wildman–Crippen MR) is 73.8 cm³/mol. The molecule has 2 amide bonds. The van der Waals surface area contributed by atoms with Gasteiger partial charge in [-0.3, -0.25) is 15.0 Å². The first-order chi connectivity index (χ1) is 9.04. The molecule has 2 rings (SSSR count). The first-order valence-corrected chi connectivity index (χ1v) is 6.40. The van der Waals surface area contributed by atoms with Gasteiger partial charge in [-0.2, -0.15) is 0 Å². The van der Waals surface area contributed by atoms with Crippen LogP contribution in [0.2, 0.25) is 0 Å². The number of rotatable bonds is 3. The molecule has 1 unspecified atom stereocenters. The number of hydrogen-bond donors (Lipinski definition) is 2. The Hall–Kier alpha value is -1.88. The number of hydrogen-bond acceptors (Lipinski definition) is 3. The van der Waals surface area contributed by atoms with Gasteiger partial charge in [-0.1, -0.05) is 12.1 Å². The minimum Gasteiger partial charge on any atom is -0.315 e. The van der Waals surface area contributed by atoms with Gasteiger partial charge in [-0.25, -0.2) is 5.43 Å². The maximum absolute atomic E-state index is 11.8. The maximum Gasteiger partial charge on any atom is 0.241 e. The SMILES string of the molecule is CNNC(=O)C(C)c1ccc2c(c1)CCC(=O)N2C. The predicted octanol–water partition coefficient (Wildman–Crippen LogP) is 0.950. The fourth-order valence-corrected chi connectivity index (χ4v) is 2.33. The van der Waals surface area contributed by atoms with Crippen molar-refractivity contribution in [3.8, 4) is 0 Å². The minimum absolute atomic E-state index is 0.0670. The third-order valence-electron chi connectivity index (χ3n) is 3.59. The van der Waals surface area contributed by atoms with Crippen LogP contribution in [-0.2, 0) is 16.0 Å². The Morgan fingerprint density at radius 3 is 2.79 bits per heavy atom. The van der Waals surface area contributed by atoms with Gasteiger partial charge in [0.1, 0.15) is 0 Å². The highest BCUT2D eigenvalue weighted by atomic mass is 16.2. The highest BCUT2D eigenvalue weighted by Gasteiger charge is 2.22. The number of aryl methyl sites for hydroxylation is 1. The summed E-state index contributed by atoms with van der Waals surface area (Å²) >= 11 is 0. The van der Waals surface area contributed by atoms with Crippen molar-refractivity contribution in [2.75, 3.05) is 19.0 Å². The highest BCUT2D eigenvalue weighted by molar-refractivity contribution is 5.96. The first-order valence-electron chi connectivity index (χ1n) is 6.40. The monoisotopic (exact) mass is 261 g/mol. The first kappa shape index (κ1) is 13.5. The molecule has 5 nitrogen and oxygen atoms in total. The van der Waals surface area contributed by atoms with Crippen molar-refractivity contribution in [1.82, 2.24) is 10.9 Å². The number of carbonyl (C=O) groups excluding carboxylic acids is 2. The van der Waals surface area contributed by atoms with Crippen molar-refractivity contribution in [3.63, 3.8) is 0 Å². The zero-order valence-corrected chi connectivity index (χ0v) is 11.5. The zero-order valence-electron chi connectivity index (χ0n) is 11.5. The van der Waals surface area contributed by atoms with E-state index in [1.165, 1.54) is 0 Å². The molecule has 1 atom stereocenters. The number of carbonyl (C=O) groups is 2. The number of hydrazine groups is 1. The van der Waals surface area contributed by atoms with Crippen LogP contribution in [0.3, 0.4) is 0 Å². The largest absolute Gasteiger partial charge is 0.315 e. The normalized spacial score (nSPS) is 15.9. The molecule has 0 spiro atoms. The molecule has 2 N–H and O–H groups in total. The summed E-state index contributed by atoms with van der Waals surface area (Å²) in [5.74, 6) is -0.149. The molecule has 0 aliphatic carbocycles. The van der Waals surface area contributed by atoms with E-state index in [1.54, 1.807) is 19.0 Å². The molecule has 0 aromatic heterocycles. The second kappa shape index (κ2) is 5.40. The van der Waals surface area contributed by atoms with E-state index in [0.717, 1.165) is 23.2 Å². The average Bonchev–Trinajstić information content (AvgIpc) is 2.42. The molecule has 0 radical (unpaired) electrons. The summed E-state index contributed by atoms with van der Waals surface area (Å²) in [4.78, 5) is 25.1. The lowest BCUT2D eigenvalue weighted by Gasteiger charge is -2.26. The van der Waals surface area contributed by atoms with Gasteiger partial charge in [-0.15, -0.1) is 0 Å². The smallest absolute Gasteiger partial charge is 0.241 e. The standard InChI is InChI=1S/C14H19N3O2/c1-9(14(19)16-15-2)10-4-6-12-11(8-10)5-7-13(18)17(12)3/h4,6,8-9,15H,5,7H2,1-3H3,(H,16,19). The highest BCUT2D eigenvalue weighted by Crippen LogP contribution is 2.29. The third-order valence-corrected chi connectivity index (χ3v) is 3.59. The maximum atomic E-state index is 11.8. The molecule has 1 aliphatic rings. The molecule has 0 saturated heterocycles. The van der Waals surface area contributed by atoms with Crippen LogP contribution >= 0.6 is 0 Å². The molecular weight excluding hydrogens is 242 g/mol. The van der Waals surface area contributed by atoms with Gasteiger partial charge in [0.15, 0.2) is 0 Å².